The maximum absolute atomic E-state index is 12.0. The molecule has 1 aliphatic heterocycles. The lowest BCUT2D eigenvalue weighted by Gasteiger charge is -2.29. The topological polar surface area (TPSA) is 39.1 Å². The summed E-state index contributed by atoms with van der Waals surface area (Å²) in [5.41, 5.74) is 4.06. The second-order valence-electron chi connectivity index (χ2n) is 7.97. The third-order valence-corrected chi connectivity index (χ3v) is 5.92. The van der Waals surface area contributed by atoms with Crippen LogP contribution in [0.4, 0.5) is 0 Å². The molecule has 4 heteroatoms. The van der Waals surface area contributed by atoms with Crippen LogP contribution in [0.15, 0.2) is 69.9 Å². The molecule has 0 amide bonds. The van der Waals surface area contributed by atoms with Crippen LogP contribution in [-0.4, -0.2) is 32.7 Å². The van der Waals surface area contributed by atoms with E-state index >= 15 is 0 Å². The molecule has 1 aromatic heterocycles. The average Bonchev–Trinajstić information content (AvgIpc) is 2.75. The van der Waals surface area contributed by atoms with Gasteiger partial charge in [0.05, 0.1) is 6.54 Å². The summed E-state index contributed by atoms with van der Waals surface area (Å²) in [7, 11) is 0. The molecule has 2 heterocycles. The summed E-state index contributed by atoms with van der Waals surface area (Å²) in [4.78, 5) is 15.2. The number of quaternary nitrogens is 2. The number of nitrogens with one attached hydrogen (secondary N) is 2. The van der Waals surface area contributed by atoms with Crippen molar-refractivity contribution >= 4 is 17.0 Å². The van der Waals surface area contributed by atoms with E-state index in [0.717, 1.165) is 62.2 Å². The summed E-state index contributed by atoms with van der Waals surface area (Å²) >= 11 is 0. The Labute approximate surface area is 172 Å². The van der Waals surface area contributed by atoms with Gasteiger partial charge in [-0.15, -0.1) is 0 Å². The third-order valence-electron chi connectivity index (χ3n) is 5.92. The van der Waals surface area contributed by atoms with Crippen molar-refractivity contribution in [1.82, 2.24) is 0 Å². The zero-order valence-electron chi connectivity index (χ0n) is 17.1. The Morgan fingerprint density at radius 1 is 0.966 bits per heavy atom. The van der Waals surface area contributed by atoms with Crippen molar-refractivity contribution in [3.63, 3.8) is 0 Å². The second kappa shape index (κ2) is 9.21. The lowest BCUT2D eigenvalue weighted by Crippen LogP contribution is -3.27. The molecule has 29 heavy (non-hydrogen) atoms. The van der Waals surface area contributed by atoms with E-state index in [-0.39, 0.29) is 5.63 Å². The van der Waals surface area contributed by atoms with Gasteiger partial charge in [-0.2, -0.15) is 0 Å². The molecule has 4 nitrogen and oxygen atoms in total. The van der Waals surface area contributed by atoms with Crippen molar-refractivity contribution < 1.29 is 14.2 Å². The first kappa shape index (κ1) is 19.6. The van der Waals surface area contributed by atoms with Crippen molar-refractivity contribution in [2.45, 2.75) is 19.9 Å². The summed E-state index contributed by atoms with van der Waals surface area (Å²) in [5.74, 6) is 0. The first-order chi connectivity index (χ1) is 14.2. The fourth-order valence-corrected chi connectivity index (χ4v) is 4.17. The zero-order chi connectivity index (χ0) is 20.1. The number of fused-ring (bicyclic) bond motifs is 1. The lowest BCUT2D eigenvalue weighted by molar-refractivity contribution is -1.02. The molecule has 0 aliphatic carbocycles. The summed E-state index contributed by atoms with van der Waals surface area (Å²) in [6.07, 6.45) is 5.45. The maximum Gasteiger partial charge on any atom is 0.336 e. The number of benzene rings is 2. The highest BCUT2D eigenvalue weighted by Crippen LogP contribution is 2.18. The highest BCUT2D eigenvalue weighted by Gasteiger charge is 2.23. The molecular weight excluding hydrogens is 360 g/mol. The van der Waals surface area contributed by atoms with Gasteiger partial charge in [0.2, 0.25) is 0 Å². The van der Waals surface area contributed by atoms with Crippen LogP contribution >= 0.6 is 0 Å². The molecule has 4 rings (SSSR count). The number of hydrogen-bond donors (Lipinski definition) is 2. The Morgan fingerprint density at radius 2 is 1.72 bits per heavy atom. The van der Waals surface area contributed by atoms with E-state index in [1.807, 2.05) is 12.1 Å². The van der Waals surface area contributed by atoms with Gasteiger partial charge in [-0.3, -0.25) is 0 Å². The molecule has 150 valence electrons. The van der Waals surface area contributed by atoms with E-state index in [4.69, 9.17) is 4.42 Å². The van der Waals surface area contributed by atoms with Crippen molar-refractivity contribution in [2.75, 3.05) is 32.7 Å². The normalized spacial score (nSPS) is 19.8. The van der Waals surface area contributed by atoms with Gasteiger partial charge in [-0.25, -0.2) is 4.79 Å². The Kier molecular flexibility index (Phi) is 6.23. The molecule has 0 spiro atoms. The summed E-state index contributed by atoms with van der Waals surface area (Å²) in [6, 6.07) is 18.4. The SMILES string of the molecule is CCc1ccc2c(C[NH+]3CC[NH+](C/C=C/c4ccccc4)CC3)cc(=O)oc2c1. The number of hydrogen-bond acceptors (Lipinski definition) is 2. The fraction of sp³-hybridized carbons (Fsp3) is 0.320. The van der Waals surface area contributed by atoms with Crippen LogP contribution in [0.3, 0.4) is 0 Å². The van der Waals surface area contributed by atoms with E-state index in [0.29, 0.717) is 0 Å². The van der Waals surface area contributed by atoms with Gasteiger partial charge in [0.15, 0.2) is 0 Å². The van der Waals surface area contributed by atoms with Crippen molar-refractivity contribution in [3.05, 3.63) is 87.8 Å². The first-order valence-corrected chi connectivity index (χ1v) is 10.7. The average molecular weight is 391 g/mol. The van der Waals surface area contributed by atoms with Gasteiger partial charge in [-0.05, 0) is 29.7 Å². The Morgan fingerprint density at radius 3 is 2.48 bits per heavy atom. The van der Waals surface area contributed by atoms with Crippen molar-refractivity contribution in [2.24, 2.45) is 0 Å². The molecule has 0 saturated carbocycles. The number of piperazine rings is 1. The third kappa shape index (κ3) is 5.03. The predicted octanol–water partition coefficient (Wildman–Crippen LogP) is 1.35. The van der Waals surface area contributed by atoms with Crippen LogP contribution in [0.1, 0.15) is 23.6 Å². The van der Waals surface area contributed by atoms with Gasteiger partial charge in [0.1, 0.15) is 38.3 Å². The molecule has 0 radical (unpaired) electrons. The first-order valence-electron chi connectivity index (χ1n) is 10.7. The van der Waals surface area contributed by atoms with Crippen molar-refractivity contribution in [3.8, 4) is 0 Å². The molecule has 0 bridgehead atoms. The zero-order valence-corrected chi connectivity index (χ0v) is 17.1. The standard InChI is InChI=1S/C25H28N2O2/c1-2-20-10-11-23-22(18-25(28)29-24(23)17-20)19-27-15-13-26(14-16-27)12-6-9-21-7-4-3-5-8-21/h3-11,17-18H,2,12-16,19H2,1H3/p+2/b9-6+. The Balaban J connectivity index is 1.36. The van der Waals surface area contributed by atoms with E-state index in [1.54, 1.807) is 15.9 Å². The van der Waals surface area contributed by atoms with Crippen LogP contribution in [0.5, 0.6) is 0 Å². The highest BCUT2D eigenvalue weighted by molar-refractivity contribution is 5.80. The summed E-state index contributed by atoms with van der Waals surface area (Å²) in [5, 5.41) is 1.08. The molecule has 1 fully saturated rings. The number of aryl methyl sites for hydroxylation is 1. The van der Waals surface area contributed by atoms with E-state index < -0.39 is 0 Å². The molecule has 0 unspecified atom stereocenters. The molecule has 2 N–H and O–H groups in total. The molecule has 1 aliphatic rings. The Hall–Kier alpha value is -2.69. The number of rotatable bonds is 6. The second-order valence-corrected chi connectivity index (χ2v) is 7.97. The summed E-state index contributed by atoms with van der Waals surface area (Å²) < 4.78 is 5.46. The van der Waals surface area contributed by atoms with Gasteiger partial charge in [0.25, 0.3) is 0 Å². The molecule has 0 atom stereocenters. The molecule has 2 aromatic carbocycles. The van der Waals surface area contributed by atoms with E-state index in [9.17, 15) is 4.79 Å². The van der Waals surface area contributed by atoms with Gasteiger partial charge in [0, 0.05) is 17.0 Å². The van der Waals surface area contributed by atoms with E-state index in [2.05, 4.69) is 55.5 Å². The largest absolute Gasteiger partial charge is 0.423 e. The summed E-state index contributed by atoms with van der Waals surface area (Å²) in [6.45, 7) is 8.65. The lowest BCUT2D eigenvalue weighted by atomic mass is 10.1. The monoisotopic (exact) mass is 390 g/mol. The smallest absolute Gasteiger partial charge is 0.336 e. The highest BCUT2D eigenvalue weighted by atomic mass is 16.4. The van der Waals surface area contributed by atoms with Gasteiger partial charge < -0.3 is 14.2 Å². The van der Waals surface area contributed by atoms with Crippen LogP contribution in [0.25, 0.3) is 17.0 Å². The minimum absolute atomic E-state index is 0.240. The van der Waals surface area contributed by atoms with Crippen molar-refractivity contribution in [1.29, 1.82) is 0 Å². The van der Waals surface area contributed by atoms with Crippen LogP contribution in [0, 0.1) is 0 Å². The van der Waals surface area contributed by atoms with Crippen LogP contribution in [0.2, 0.25) is 0 Å². The minimum Gasteiger partial charge on any atom is -0.423 e. The minimum atomic E-state index is -0.240. The fourth-order valence-electron chi connectivity index (χ4n) is 4.17. The maximum atomic E-state index is 12.0. The van der Waals surface area contributed by atoms with Gasteiger partial charge in [-0.1, -0.05) is 55.5 Å². The van der Waals surface area contributed by atoms with Crippen LogP contribution < -0.4 is 15.4 Å². The molecular formula is C25H30N2O2+2. The van der Waals surface area contributed by atoms with E-state index in [1.165, 1.54) is 11.1 Å². The molecule has 1 saturated heterocycles. The molecule has 3 aromatic rings. The van der Waals surface area contributed by atoms with Crippen LogP contribution in [-0.2, 0) is 13.0 Å². The Bertz CT molecular complexity index is 1030. The van der Waals surface area contributed by atoms with Gasteiger partial charge >= 0.3 is 5.63 Å². The predicted molar refractivity (Wildman–Crippen MR) is 117 cm³/mol. The quantitative estimate of drug-likeness (QED) is 0.624.